The number of benzene rings is 1. The molecule has 8 heteroatoms. The highest BCUT2D eigenvalue weighted by Gasteiger charge is 2.07. The summed E-state index contributed by atoms with van der Waals surface area (Å²) in [6.07, 6.45) is 0.717. The summed E-state index contributed by atoms with van der Waals surface area (Å²) in [5, 5.41) is 10.2. The van der Waals surface area contributed by atoms with Crippen molar-refractivity contribution in [2.45, 2.75) is 11.3 Å². The zero-order valence-corrected chi connectivity index (χ0v) is 11.4. The van der Waals surface area contributed by atoms with E-state index < -0.39 is 10.0 Å². The van der Waals surface area contributed by atoms with Crippen LogP contribution in [-0.4, -0.2) is 34.7 Å². The van der Waals surface area contributed by atoms with Crippen molar-refractivity contribution >= 4 is 21.7 Å². The monoisotopic (exact) mass is 287 g/mol. The zero-order valence-electron chi connectivity index (χ0n) is 10.5. The molecule has 7 nitrogen and oxygen atoms in total. The summed E-state index contributed by atoms with van der Waals surface area (Å²) in [6, 6.07) is 5.23. The largest absolute Gasteiger partial charge is 0.385 e. The Morgan fingerprint density at radius 2 is 1.95 bits per heavy atom. The fraction of sp³-hybridized carbons (Fsp3) is 0.364. The fourth-order valence-electron chi connectivity index (χ4n) is 1.32. The Balaban J connectivity index is 2.47. The number of carbonyl (C=O) groups excluding carboxylic acids is 1. The summed E-state index contributed by atoms with van der Waals surface area (Å²) >= 11 is 0. The quantitative estimate of drug-likeness (QED) is 0.661. The fourth-order valence-corrected chi connectivity index (χ4v) is 1.84. The van der Waals surface area contributed by atoms with Crippen molar-refractivity contribution in [2.24, 2.45) is 5.14 Å². The number of rotatable bonds is 6. The van der Waals surface area contributed by atoms with Gasteiger partial charge in [0.2, 0.25) is 10.0 Å². The molecular weight excluding hydrogens is 270 g/mol. The summed E-state index contributed by atoms with van der Waals surface area (Å²) in [6.45, 7) is 1.07. The van der Waals surface area contributed by atoms with Crippen molar-refractivity contribution in [1.29, 1.82) is 0 Å². The van der Waals surface area contributed by atoms with E-state index in [4.69, 9.17) is 9.88 Å². The van der Waals surface area contributed by atoms with Crippen LogP contribution in [-0.2, 0) is 14.8 Å². The van der Waals surface area contributed by atoms with Gasteiger partial charge in [-0.25, -0.2) is 18.4 Å². The van der Waals surface area contributed by atoms with Crippen LogP contribution < -0.4 is 15.8 Å². The van der Waals surface area contributed by atoms with Gasteiger partial charge < -0.3 is 15.4 Å². The maximum absolute atomic E-state index is 11.5. The highest BCUT2D eigenvalue weighted by molar-refractivity contribution is 7.89. The number of anilines is 1. The van der Waals surface area contributed by atoms with Gasteiger partial charge in [-0.15, -0.1) is 0 Å². The summed E-state index contributed by atoms with van der Waals surface area (Å²) in [4.78, 5) is 11.5. The number of sulfonamides is 1. The van der Waals surface area contributed by atoms with Crippen LogP contribution in [0, 0.1) is 0 Å². The first kappa shape index (κ1) is 15.4. The molecule has 0 saturated heterocycles. The van der Waals surface area contributed by atoms with Crippen LogP contribution in [0.2, 0.25) is 0 Å². The Morgan fingerprint density at radius 1 is 1.32 bits per heavy atom. The normalized spacial score (nSPS) is 11.1. The van der Waals surface area contributed by atoms with Crippen molar-refractivity contribution in [1.82, 2.24) is 5.32 Å². The van der Waals surface area contributed by atoms with Gasteiger partial charge in [-0.2, -0.15) is 0 Å². The van der Waals surface area contributed by atoms with Crippen molar-refractivity contribution in [3.05, 3.63) is 24.3 Å². The minimum atomic E-state index is -3.71. The number of hydrogen-bond acceptors (Lipinski definition) is 4. The van der Waals surface area contributed by atoms with Gasteiger partial charge in [0, 0.05) is 25.9 Å². The highest BCUT2D eigenvalue weighted by atomic mass is 32.2. The molecule has 0 radical (unpaired) electrons. The maximum Gasteiger partial charge on any atom is 0.319 e. The minimum Gasteiger partial charge on any atom is -0.385 e. The minimum absolute atomic E-state index is 0.00134. The second-order valence-electron chi connectivity index (χ2n) is 3.80. The number of nitrogens with two attached hydrogens (primary N) is 1. The third-order valence-corrected chi connectivity index (χ3v) is 3.18. The summed E-state index contributed by atoms with van der Waals surface area (Å²) in [5.74, 6) is 0. The van der Waals surface area contributed by atoms with Crippen LogP contribution in [0.3, 0.4) is 0 Å². The van der Waals surface area contributed by atoms with Gasteiger partial charge in [0.25, 0.3) is 0 Å². The molecule has 0 bridgehead atoms. The third kappa shape index (κ3) is 5.69. The lowest BCUT2D eigenvalue weighted by Crippen LogP contribution is -2.30. The lowest BCUT2D eigenvalue weighted by Gasteiger charge is -2.07. The van der Waals surface area contributed by atoms with Crippen LogP contribution in [0.4, 0.5) is 10.5 Å². The second kappa shape index (κ2) is 7.07. The molecule has 0 unspecified atom stereocenters. The number of ether oxygens (including phenoxy) is 1. The molecule has 1 aromatic carbocycles. The van der Waals surface area contributed by atoms with E-state index in [0.29, 0.717) is 25.3 Å². The van der Waals surface area contributed by atoms with Crippen molar-refractivity contribution < 1.29 is 17.9 Å². The van der Waals surface area contributed by atoms with E-state index in [1.54, 1.807) is 7.11 Å². The lowest BCUT2D eigenvalue weighted by atomic mass is 10.3. The highest BCUT2D eigenvalue weighted by Crippen LogP contribution is 2.12. The Bertz CT molecular complexity index is 513. The number of primary sulfonamides is 1. The number of methoxy groups -OCH3 is 1. The molecule has 0 aliphatic carbocycles. The van der Waals surface area contributed by atoms with Crippen LogP contribution >= 0.6 is 0 Å². The zero-order chi connectivity index (χ0) is 14.3. The van der Waals surface area contributed by atoms with Crippen molar-refractivity contribution in [3.8, 4) is 0 Å². The molecule has 0 atom stereocenters. The van der Waals surface area contributed by atoms with Crippen LogP contribution in [0.15, 0.2) is 29.2 Å². The van der Waals surface area contributed by atoms with Gasteiger partial charge in [-0.05, 0) is 30.7 Å². The second-order valence-corrected chi connectivity index (χ2v) is 5.36. The number of carbonyl (C=O) groups is 1. The predicted octanol–water partition coefficient (Wildman–Crippen LogP) is 0.492. The van der Waals surface area contributed by atoms with E-state index in [1.807, 2.05) is 0 Å². The molecule has 1 aromatic rings. The molecule has 1 rings (SSSR count). The van der Waals surface area contributed by atoms with Gasteiger partial charge in [-0.1, -0.05) is 0 Å². The van der Waals surface area contributed by atoms with Gasteiger partial charge in [0.05, 0.1) is 4.90 Å². The Kier molecular flexibility index (Phi) is 5.74. The molecule has 0 aromatic heterocycles. The van der Waals surface area contributed by atoms with Gasteiger partial charge in [0.1, 0.15) is 0 Å². The molecule has 0 heterocycles. The SMILES string of the molecule is COCCCNC(=O)Nc1ccc(S(N)(=O)=O)cc1. The van der Waals surface area contributed by atoms with Gasteiger partial charge in [0.15, 0.2) is 0 Å². The molecule has 2 amide bonds. The van der Waals surface area contributed by atoms with Crippen LogP contribution in [0.25, 0.3) is 0 Å². The topological polar surface area (TPSA) is 111 Å². The van der Waals surface area contributed by atoms with Crippen molar-refractivity contribution in [3.63, 3.8) is 0 Å². The van der Waals surface area contributed by atoms with Gasteiger partial charge >= 0.3 is 6.03 Å². The third-order valence-electron chi connectivity index (χ3n) is 2.25. The molecule has 0 spiro atoms. The number of nitrogens with one attached hydrogen (secondary N) is 2. The molecule has 0 fully saturated rings. The van der Waals surface area contributed by atoms with E-state index in [0.717, 1.165) is 0 Å². The molecule has 106 valence electrons. The van der Waals surface area contributed by atoms with E-state index >= 15 is 0 Å². The van der Waals surface area contributed by atoms with E-state index in [2.05, 4.69) is 10.6 Å². The molecule has 0 aliphatic rings. The number of amides is 2. The Hall–Kier alpha value is -1.64. The van der Waals surface area contributed by atoms with E-state index in [9.17, 15) is 13.2 Å². The first-order chi connectivity index (χ1) is 8.93. The Labute approximate surface area is 112 Å². The average molecular weight is 287 g/mol. The number of hydrogen-bond donors (Lipinski definition) is 3. The van der Waals surface area contributed by atoms with Crippen LogP contribution in [0.1, 0.15) is 6.42 Å². The standard InChI is InChI=1S/C11H17N3O4S/c1-18-8-2-7-13-11(15)14-9-3-5-10(6-4-9)19(12,16)17/h3-6H,2,7-8H2,1H3,(H2,12,16,17)(H2,13,14,15). The lowest BCUT2D eigenvalue weighted by molar-refractivity contribution is 0.194. The van der Waals surface area contributed by atoms with E-state index in [1.165, 1.54) is 24.3 Å². The van der Waals surface area contributed by atoms with E-state index in [-0.39, 0.29) is 10.9 Å². The Morgan fingerprint density at radius 3 is 2.47 bits per heavy atom. The van der Waals surface area contributed by atoms with Crippen molar-refractivity contribution in [2.75, 3.05) is 25.6 Å². The first-order valence-electron chi connectivity index (χ1n) is 5.60. The average Bonchev–Trinajstić information content (AvgIpc) is 2.34. The number of urea groups is 1. The first-order valence-corrected chi connectivity index (χ1v) is 7.15. The van der Waals surface area contributed by atoms with Crippen LogP contribution in [0.5, 0.6) is 0 Å². The molecule has 4 N–H and O–H groups in total. The molecule has 0 saturated carbocycles. The summed E-state index contributed by atoms with van der Waals surface area (Å²) < 4.78 is 26.9. The smallest absolute Gasteiger partial charge is 0.319 e. The van der Waals surface area contributed by atoms with Gasteiger partial charge in [-0.3, -0.25) is 0 Å². The molecular formula is C11H17N3O4S. The molecule has 19 heavy (non-hydrogen) atoms. The maximum atomic E-state index is 11.5. The predicted molar refractivity (Wildman–Crippen MR) is 71.3 cm³/mol. The summed E-state index contributed by atoms with van der Waals surface area (Å²) in [7, 11) is -2.12. The summed E-state index contributed by atoms with van der Waals surface area (Å²) in [5.41, 5.74) is 0.483. The molecule has 0 aliphatic heterocycles.